The molecule has 0 spiro atoms. The molecule has 7 heteroatoms. The van der Waals surface area contributed by atoms with Crippen molar-refractivity contribution in [2.75, 3.05) is 12.9 Å². The lowest BCUT2D eigenvalue weighted by molar-refractivity contribution is -0.119. The van der Waals surface area contributed by atoms with Crippen LogP contribution < -0.4 is 10.1 Å². The van der Waals surface area contributed by atoms with Crippen molar-refractivity contribution in [1.82, 2.24) is 20.1 Å². The van der Waals surface area contributed by atoms with Crippen LogP contribution in [0, 0.1) is 5.92 Å². The number of rotatable bonds is 7. The Hall–Kier alpha value is -2.02. The highest BCUT2D eigenvalue weighted by atomic mass is 32.2. The molecular weight excluding hydrogens is 324 g/mol. The minimum Gasteiger partial charge on any atom is -0.497 e. The maximum absolute atomic E-state index is 12.0. The third-order valence-corrected chi connectivity index (χ3v) is 5.25. The largest absolute Gasteiger partial charge is 0.497 e. The molecule has 1 aliphatic carbocycles. The fourth-order valence-electron chi connectivity index (χ4n) is 2.57. The number of benzene rings is 1. The molecule has 6 nitrogen and oxygen atoms in total. The van der Waals surface area contributed by atoms with E-state index in [-0.39, 0.29) is 11.9 Å². The van der Waals surface area contributed by atoms with E-state index < -0.39 is 0 Å². The summed E-state index contributed by atoms with van der Waals surface area (Å²) in [5, 5.41) is 12.2. The van der Waals surface area contributed by atoms with Crippen molar-refractivity contribution >= 4 is 17.7 Å². The van der Waals surface area contributed by atoms with Gasteiger partial charge in [0.25, 0.3) is 0 Å². The van der Waals surface area contributed by atoms with E-state index in [1.165, 1.54) is 24.6 Å². The molecular formula is C17H22N4O2S. The lowest BCUT2D eigenvalue weighted by Gasteiger charge is -2.12. The summed E-state index contributed by atoms with van der Waals surface area (Å²) >= 11 is 1.41. The first-order valence-electron chi connectivity index (χ1n) is 8.04. The van der Waals surface area contributed by atoms with Crippen molar-refractivity contribution in [2.24, 2.45) is 13.0 Å². The molecule has 0 radical (unpaired) electrons. The highest BCUT2D eigenvalue weighted by Gasteiger charge is 2.28. The summed E-state index contributed by atoms with van der Waals surface area (Å²) in [7, 11) is 3.55. The molecule has 0 bridgehead atoms. The summed E-state index contributed by atoms with van der Waals surface area (Å²) < 4.78 is 7.07. The monoisotopic (exact) mass is 346 g/mol. The summed E-state index contributed by atoms with van der Waals surface area (Å²) in [6.45, 7) is 2.07. The van der Waals surface area contributed by atoms with Crippen LogP contribution in [0.5, 0.6) is 5.75 Å². The molecule has 128 valence electrons. The van der Waals surface area contributed by atoms with Gasteiger partial charge < -0.3 is 14.6 Å². The number of hydrogen-bond donors (Lipinski definition) is 1. The second kappa shape index (κ2) is 7.25. The number of aromatic nitrogens is 3. The van der Waals surface area contributed by atoms with Gasteiger partial charge in [-0.3, -0.25) is 4.79 Å². The van der Waals surface area contributed by atoms with E-state index in [4.69, 9.17) is 4.74 Å². The first-order chi connectivity index (χ1) is 11.6. The number of nitrogens with one attached hydrogen (secondary N) is 1. The van der Waals surface area contributed by atoms with E-state index in [0.717, 1.165) is 22.3 Å². The number of carbonyl (C=O) groups excluding carboxylic acids is 1. The van der Waals surface area contributed by atoms with Crippen LogP contribution in [0.3, 0.4) is 0 Å². The molecule has 1 aliphatic rings. The standard InChI is InChI=1S/C17H22N4O2S/c1-11(12-4-5-12)18-15(22)10-24-17-20-19-16(21(17)2)13-6-8-14(23-3)9-7-13/h6-9,11-12H,4-5,10H2,1-3H3,(H,18,22). The number of ether oxygens (including phenoxy) is 1. The van der Waals surface area contributed by atoms with Crippen LogP contribution in [0.1, 0.15) is 19.8 Å². The molecule has 1 atom stereocenters. The van der Waals surface area contributed by atoms with Crippen LogP contribution in [0.4, 0.5) is 0 Å². The molecule has 1 heterocycles. The molecule has 0 saturated heterocycles. The average molecular weight is 346 g/mol. The topological polar surface area (TPSA) is 69.0 Å². The van der Waals surface area contributed by atoms with E-state index in [0.29, 0.717) is 11.7 Å². The van der Waals surface area contributed by atoms with Gasteiger partial charge in [-0.2, -0.15) is 0 Å². The number of nitrogens with zero attached hydrogens (tertiary/aromatic N) is 3. The van der Waals surface area contributed by atoms with E-state index in [2.05, 4.69) is 22.4 Å². The highest BCUT2D eigenvalue weighted by molar-refractivity contribution is 7.99. The highest BCUT2D eigenvalue weighted by Crippen LogP contribution is 2.32. The number of methoxy groups -OCH3 is 1. The van der Waals surface area contributed by atoms with E-state index in [1.807, 2.05) is 35.9 Å². The molecule has 3 rings (SSSR count). The Labute approximate surface area is 146 Å². The summed E-state index contributed by atoms with van der Waals surface area (Å²) in [4.78, 5) is 12.0. The Kier molecular flexibility index (Phi) is 5.08. The molecule has 1 amide bonds. The van der Waals surface area contributed by atoms with Crippen molar-refractivity contribution in [2.45, 2.75) is 31.0 Å². The fourth-order valence-corrected chi connectivity index (χ4v) is 3.29. The quantitative estimate of drug-likeness (QED) is 0.780. The number of hydrogen-bond acceptors (Lipinski definition) is 5. The van der Waals surface area contributed by atoms with Crippen LogP contribution >= 0.6 is 11.8 Å². The van der Waals surface area contributed by atoms with E-state index >= 15 is 0 Å². The molecule has 1 unspecified atom stereocenters. The summed E-state index contributed by atoms with van der Waals surface area (Å²) in [5.74, 6) is 2.64. The van der Waals surface area contributed by atoms with Crippen LogP contribution in [0.25, 0.3) is 11.4 Å². The first-order valence-corrected chi connectivity index (χ1v) is 9.03. The molecule has 1 aromatic heterocycles. The predicted molar refractivity (Wildman–Crippen MR) is 94.0 cm³/mol. The average Bonchev–Trinajstić information content (AvgIpc) is 3.37. The fraction of sp³-hybridized carbons (Fsp3) is 0.471. The zero-order valence-electron chi connectivity index (χ0n) is 14.2. The number of thioether (sulfide) groups is 1. The second-order valence-electron chi connectivity index (χ2n) is 6.08. The Morgan fingerprint density at radius 3 is 2.71 bits per heavy atom. The molecule has 1 N–H and O–H groups in total. The van der Waals surface area contributed by atoms with Crippen LogP contribution in [0.15, 0.2) is 29.4 Å². The lowest BCUT2D eigenvalue weighted by atomic mass is 10.2. The second-order valence-corrected chi connectivity index (χ2v) is 7.02. The summed E-state index contributed by atoms with van der Waals surface area (Å²) in [6, 6.07) is 7.95. The smallest absolute Gasteiger partial charge is 0.230 e. The van der Waals surface area contributed by atoms with Gasteiger partial charge in [0.1, 0.15) is 5.75 Å². The van der Waals surface area contributed by atoms with Crippen molar-refractivity contribution in [3.8, 4) is 17.1 Å². The van der Waals surface area contributed by atoms with Crippen molar-refractivity contribution in [1.29, 1.82) is 0 Å². The Morgan fingerprint density at radius 2 is 2.08 bits per heavy atom. The van der Waals surface area contributed by atoms with Crippen molar-refractivity contribution in [3.05, 3.63) is 24.3 Å². The molecule has 24 heavy (non-hydrogen) atoms. The third-order valence-electron chi connectivity index (χ3n) is 4.23. The van der Waals surface area contributed by atoms with Gasteiger partial charge in [-0.25, -0.2) is 0 Å². The third kappa shape index (κ3) is 3.90. The normalized spacial score (nSPS) is 15.1. The maximum Gasteiger partial charge on any atom is 0.230 e. The molecule has 0 aliphatic heterocycles. The van der Waals surface area contributed by atoms with Gasteiger partial charge in [0, 0.05) is 18.7 Å². The SMILES string of the molecule is COc1ccc(-c2nnc(SCC(=O)NC(C)C3CC3)n2C)cc1. The maximum atomic E-state index is 12.0. The Balaban J connectivity index is 1.60. The van der Waals surface area contributed by atoms with Gasteiger partial charge in [-0.15, -0.1) is 10.2 Å². The van der Waals surface area contributed by atoms with Crippen LogP contribution in [-0.2, 0) is 11.8 Å². The minimum absolute atomic E-state index is 0.0494. The summed E-state index contributed by atoms with van der Waals surface area (Å²) in [6.07, 6.45) is 2.45. The van der Waals surface area contributed by atoms with Gasteiger partial charge >= 0.3 is 0 Å². The lowest BCUT2D eigenvalue weighted by Crippen LogP contribution is -2.35. The molecule has 2 aromatic rings. The van der Waals surface area contributed by atoms with Crippen molar-refractivity contribution < 1.29 is 9.53 Å². The zero-order chi connectivity index (χ0) is 17.1. The van der Waals surface area contributed by atoms with Crippen LogP contribution in [0.2, 0.25) is 0 Å². The Bertz CT molecular complexity index is 710. The van der Waals surface area contributed by atoms with Gasteiger partial charge in [0.15, 0.2) is 11.0 Å². The Morgan fingerprint density at radius 1 is 1.38 bits per heavy atom. The van der Waals surface area contributed by atoms with Gasteiger partial charge in [0.05, 0.1) is 12.9 Å². The summed E-state index contributed by atoms with van der Waals surface area (Å²) in [5.41, 5.74) is 0.962. The predicted octanol–water partition coefficient (Wildman–Crippen LogP) is 2.50. The number of carbonyl (C=O) groups is 1. The molecule has 1 fully saturated rings. The molecule has 1 aromatic carbocycles. The van der Waals surface area contributed by atoms with Crippen LogP contribution in [-0.4, -0.2) is 39.6 Å². The zero-order valence-corrected chi connectivity index (χ0v) is 15.0. The van der Waals surface area contributed by atoms with E-state index in [1.54, 1.807) is 7.11 Å². The number of amides is 1. The minimum atomic E-state index is 0.0494. The van der Waals surface area contributed by atoms with E-state index in [9.17, 15) is 4.79 Å². The first kappa shape index (κ1) is 16.8. The van der Waals surface area contributed by atoms with Gasteiger partial charge in [0.2, 0.25) is 5.91 Å². The van der Waals surface area contributed by atoms with Gasteiger partial charge in [-0.1, -0.05) is 11.8 Å². The molecule has 1 saturated carbocycles. The van der Waals surface area contributed by atoms with Crippen molar-refractivity contribution in [3.63, 3.8) is 0 Å². The van der Waals surface area contributed by atoms with Gasteiger partial charge in [-0.05, 0) is 49.9 Å².